The molecular formula is C15H18Cl2N2O3. The number of carboxylic acid groups (broad SMARTS) is 1. The number of aliphatic carboxylic acids is 1. The van der Waals surface area contributed by atoms with Crippen molar-refractivity contribution in [3.8, 4) is 0 Å². The van der Waals surface area contributed by atoms with E-state index in [0.717, 1.165) is 5.56 Å². The van der Waals surface area contributed by atoms with Crippen LogP contribution >= 0.6 is 23.2 Å². The molecule has 1 aliphatic heterocycles. The van der Waals surface area contributed by atoms with Gasteiger partial charge < -0.3 is 15.3 Å². The number of carbonyl (C=O) groups excluding carboxylic acids is 1. The van der Waals surface area contributed by atoms with Crippen LogP contribution in [0.1, 0.15) is 31.9 Å². The van der Waals surface area contributed by atoms with E-state index in [1.165, 1.54) is 4.90 Å². The lowest BCUT2D eigenvalue weighted by Crippen LogP contribution is -2.41. The summed E-state index contributed by atoms with van der Waals surface area (Å²) in [6.45, 7) is 4.08. The Morgan fingerprint density at radius 2 is 2.09 bits per heavy atom. The summed E-state index contributed by atoms with van der Waals surface area (Å²) in [5.74, 6) is -0.881. The van der Waals surface area contributed by atoms with Crippen LogP contribution in [0.5, 0.6) is 0 Å². The van der Waals surface area contributed by atoms with Crippen molar-refractivity contribution in [2.24, 2.45) is 5.41 Å². The summed E-state index contributed by atoms with van der Waals surface area (Å²) in [4.78, 5) is 25.0. The molecule has 0 aliphatic carbocycles. The lowest BCUT2D eigenvalue weighted by atomic mass is 9.90. The van der Waals surface area contributed by atoms with Crippen LogP contribution in [-0.2, 0) is 4.79 Å². The maximum absolute atomic E-state index is 12.3. The minimum atomic E-state index is -0.881. The standard InChI is InChI=1S/C15H18Cl2N2O3/c1-9(11-7-10(16)3-4-12(11)17)18-14(22)19-6-5-15(2,8-19)13(20)21/h3-4,7,9H,5-6,8H2,1-2H3,(H,18,22)(H,20,21)/t9-,15?/m1/s1. The van der Waals surface area contributed by atoms with Gasteiger partial charge in [0.15, 0.2) is 0 Å². The quantitative estimate of drug-likeness (QED) is 0.880. The van der Waals surface area contributed by atoms with E-state index in [0.29, 0.717) is 23.0 Å². The Morgan fingerprint density at radius 3 is 2.68 bits per heavy atom. The second kappa shape index (κ2) is 6.34. The first-order valence-corrected chi connectivity index (χ1v) is 7.72. The summed E-state index contributed by atoms with van der Waals surface area (Å²) < 4.78 is 0. The zero-order valence-electron chi connectivity index (χ0n) is 12.4. The number of likely N-dealkylation sites (tertiary alicyclic amines) is 1. The van der Waals surface area contributed by atoms with Crippen molar-refractivity contribution in [1.82, 2.24) is 10.2 Å². The third-order valence-electron chi connectivity index (χ3n) is 4.04. The smallest absolute Gasteiger partial charge is 0.317 e. The van der Waals surface area contributed by atoms with Crippen LogP contribution in [0.4, 0.5) is 4.79 Å². The van der Waals surface area contributed by atoms with Gasteiger partial charge in [0, 0.05) is 23.1 Å². The molecule has 0 radical (unpaired) electrons. The van der Waals surface area contributed by atoms with Crippen molar-refractivity contribution in [2.45, 2.75) is 26.3 Å². The number of nitrogens with zero attached hydrogens (tertiary/aromatic N) is 1. The molecule has 0 bridgehead atoms. The van der Waals surface area contributed by atoms with Gasteiger partial charge in [-0.1, -0.05) is 23.2 Å². The van der Waals surface area contributed by atoms with Crippen LogP contribution in [0.15, 0.2) is 18.2 Å². The Morgan fingerprint density at radius 1 is 1.41 bits per heavy atom. The predicted molar refractivity (Wildman–Crippen MR) is 85.3 cm³/mol. The molecule has 5 nitrogen and oxygen atoms in total. The predicted octanol–water partition coefficient (Wildman–Crippen LogP) is 3.56. The molecule has 7 heteroatoms. The van der Waals surface area contributed by atoms with E-state index in [1.807, 2.05) is 6.92 Å². The molecule has 1 heterocycles. The number of hydrogen-bond donors (Lipinski definition) is 2. The molecule has 1 aromatic carbocycles. The van der Waals surface area contributed by atoms with Crippen molar-refractivity contribution in [3.05, 3.63) is 33.8 Å². The Bertz CT molecular complexity index is 608. The van der Waals surface area contributed by atoms with Crippen molar-refractivity contribution >= 4 is 35.2 Å². The van der Waals surface area contributed by atoms with Gasteiger partial charge in [0.1, 0.15) is 0 Å². The van der Waals surface area contributed by atoms with Crippen LogP contribution in [0.2, 0.25) is 10.0 Å². The maximum atomic E-state index is 12.3. The van der Waals surface area contributed by atoms with E-state index >= 15 is 0 Å². The van der Waals surface area contributed by atoms with Crippen LogP contribution in [0, 0.1) is 5.41 Å². The summed E-state index contributed by atoms with van der Waals surface area (Å²) in [6.07, 6.45) is 0.446. The van der Waals surface area contributed by atoms with Crippen molar-refractivity contribution < 1.29 is 14.7 Å². The minimum Gasteiger partial charge on any atom is -0.481 e. The first-order valence-electron chi connectivity index (χ1n) is 6.97. The molecule has 1 saturated heterocycles. The van der Waals surface area contributed by atoms with E-state index in [2.05, 4.69) is 5.32 Å². The van der Waals surface area contributed by atoms with Gasteiger partial charge in [0.25, 0.3) is 0 Å². The lowest BCUT2D eigenvalue weighted by molar-refractivity contribution is -0.146. The molecule has 0 saturated carbocycles. The highest BCUT2D eigenvalue weighted by atomic mass is 35.5. The largest absolute Gasteiger partial charge is 0.481 e. The van der Waals surface area contributed by atoms with Gasteiger partial charge in [-0.25, -0.2) is 4.79 Å². The molecule has 22 heavy (non-hydrogen) atoms. The first-order chi connectivity index (χ1) is 10.2. The highest BCUT2D eigenvalue weighted by molar-refractivity contribution is 6.33. The number of amides is 2. The number of benzene rings is 1. The first kappa shape index (κ1) is 16.9. The van der Waals surface area contributed by atoms with E-state index in [9.17, 15) is 14.7 Å². The average Bonchev–Trinajstić information content (AvgIpc) is 2.85. The summed E-state index contributed by atoms with van der Waals surface area (Å²) in [5.41, 5.74) is -0.156. The van der Waals surface area contributed by atoms with Gasteiger partial charge in [-0.05, 0) is 44.0 Å². The fourth-order valence-corrected chi connectivity index (χ4v) is 2.97. The Kier molecular flexibility index (Phi) is 4.87. The molecule has 1 aromatic rings. The number of urea groups is 1. The van der Waals surface area contributed by atoms with Gasteiger partial charge in [-0.3, -0.25) is 4.79 Å². The molecule has 2 rings (SSSR count). The average molecular weight is 345 g/mol. The molecule has 1 aliphatic rings. The molecule has 0 spiro atoms. The minimum absolute atomic E-state index is 0.199. The summed E-state index contributed by atoms with van der Waals surface area (Å²) in [6, 6.07) is 4.45. The Balaban J connectivity index is 2.03. The SMILES string of the molecule is C[C@@H](NC(=O)N1CCC(C)(C(=O)O)C1)c1cc(Cl)ccc1Cl. The van der Waals surface area contributed by atoms with Gasteiger partial charge in [0.2, 0.25) is 0 Å². The third kappa shape index (κ3) is 3.47. The molecule has 2 atom stereocenters. The monoisotopic (exact) mass is 344 g/mol. The summed E-state index contributed by atoms with van der Waals surface area (Å²) in [7, 11) is 0. The van der Waals surface area contributed by atoms with Crippen molar-refractivity contribution in [1.29, 1.82) is 0 Å². The molecule has 120 valence electrons. The fourth-order valence-electron chi connectivity index (χ4n) is 2.51. The van der Waals surface area contributed by atoms with E-state index in [4.69, 9.17) is 23.2 Å². The zero-order valence-corrected chi connectivity index (χ0v) is 13.9. The molecular weight excluding hydrogens is 327 g/mol. The number of nitrogens with one attached hydrogen (secondary N) is 1. The van der Waals surface area contributed by atoms with E-state index in [-0.39, 0.29) is 18.6 Å². The normalized spacial score (nSPS) is 22.5. The van der Waals surface area contributed by atoms with E-state index < -0.39 is 11.4 Å². The number of halogens is 2. The zero-order chi connectivity index (χ0) is 16.5. The molecule has 2 amide bonds. The number of rotatable bonds is 3. The second-order valence-electron chi connectivity index (χ2n) is 5.87. The van der Waals surface area contributed by atoms with Crippen LogP contribution in [0.3, 0.4) is 0 Å². The highest BCUT2D eigenvalue weighted by Gasteiger charge is 2.42. The fraction of sp³-hybridized carbons (Fsp3) is 0.467. The van der Waals surface area contributed by atoms with Gasteiger partial charge in [0.05, 0.1) is 11.5 Å². The van der Waals surface area contributed by atoms with Crippen LogP contribution in [-0.4, -0.2) is 35.1 Å². The summed E-state index contributed by atoms with van der Waals surface area (Å²) >= 11 is 12.1. The van der Waals surface area contributed by atoms with E-state index in [1.54, 1.807) is 25.1 Å². The molecule has 1 unspecified atom stereocenters. The number of hydrogen-bond acceptors (Lipinski definition) is 2. The van der Waals surface area contributed by atoms with Gasteiger partial charge in [-0.15, -0.1) is 0 Å². The Hall–Kier alpha value is -1.46. The highest BCUT2D eigenvalue weighted by Crippen LogP contribution is 2.31. The topological polar surface area (TPSA) is 69.6 Å². The summed E-state index contributed by atoms with van der Waals surface area (Å²) in [5, 5.41) is 13.1. The van der Waals surface area contributed by atoms with Gasteiger partial charge in [-0.2, -0.15) is 0 Å². The molecule has 0 aromatic heterocycles. The number of carbonyl (C=O) groups is 2. The number of carboxylic acids is 1. The van der Waals surface area contributed by atoms with Gasteiger partial charge >= 0.3 is 12.0 Å². The van der Waals surface area contributed by atoms with Crippen LogP contribution < -0.4 is 5.32 Å². The lowest BCUT2D eigenvalue weighted by Gasteiger charge is -2.23. The van der Waals surface area contributed by atoms with Crippen molar-refractivity contribution in [3.63, 3.8) is 0 Å². The Labute approximate surface area is 139 Å². The third-order valence-corrected chi connectivity index (χ3v) is 4.62. The molecule has 1 fully saturated rings. The van der Waals surface area contributed by atoms with Crippen LogP contribution in [0.25, 0.3) is 0 Å². The maximum Gasteiger partial charge on any atom is 0.317 e. The molecule has 2 N–H and O–H groups in total. The second-order valence-corrected chi connectivity index (χ2v) is 6.72. The van der Waals surface area contributed by atoms with Crippen molar-refractivity contribution in [2.75, 3.05) is 13.1 Å².